The normalized spacial score (nSPS) is 14.7. The summed E-state index contributed by atoms with van der Waals surface area (Å²) in [6.07, 6.45) is 3.02. The molecule has 134 valence electrons. The Kier molecular flexibility index (Phi) is 4.71. The second-order valence-electron chi connectivity index (χ2n) is 6.60. The Morgan fingerprint density at radius 1 is 1.07 bits per heavy atom. The third kappa shape index (κ3) is 3.47. The van der Waals surface area contributed by atoms with Gasteiger partial charge in [0.25, 0.3) is 5.91 Å². The van der Waals surface area contributed by atoms with Crippen LogP contribution in [0.2, 0.25) is 0 Å². The monoisotopic (exact) mass is 357 g/mol. The lowest BCUT2D eigenvalue weighted by atomic mass is 10.0. The minimum absolute atomic E-state index is 0.0384. The number of hydrogen-bond donors (Lipinski definition) is 0. The van der Waals surface area contributed by atoms with Gasteiger partial charge >= 0.3 is 0 Å². The van der Waals surface area contributed by atoms with Crippen molar-refractivity contribution in [2.24, 2.45) is 0 Å². The Morgan fingerprint density at radius 3 is 2.67 bits per heavy atom. The number of rotatable bonds is 3. The zero-order valence-electron chi connectivity index (χ0n) is 14.8. The molecule has 1 amide bonds. The largest absolute Gasteiger partial charge is 0.473 e. The average Bonchev–Trinajstić information content (AvgIpc) is 2.74. The molecule has 0 unspecified atom stereocenters. The molecular formula is C22H19N3O2. The maximum Gasteiger partial charge on any atom is 0.254 e. The van der Waals surface area contributed by atoms with Gasteiger partial charge in [-0.2, -0.15) is 5.26 Å². The molecule has 1 fully saturated rings. The van der Waals surface area contributed by atoms with Gasteiger partial charge in [0.15, 0.2) is 0 Å². The number of fused-ring (bicyclic) bond motifs is 1. The summed E-state index contributed by atoms with van der Waals surface area (Å²) in [5, 5.41) is 11.2. The summed E-state index contributed by atoms with van der Waals surface area (Å²) >= 11 is 0. The highest BCUT2D eigenvalue weighted by molar-refractivity contribution is 6.07. The molecule has 2 aromatic carbocycles. The van der Waals surface area contributed by atoms with Gasteiger partial charge in [-0.3, -0.25) is 4.79 Å². The molecule has 0 saturated carbocycles. The quantitative estimate of drug-likeness (QED) is 0.715. The van der Waals surface area contributed by atoms with Crippen LogP contribution < -0.4 is 4.74 Å². The fourth-order valence-corrected chi connectivity index (χ4v) is 3.49. The number of nitrogens with zero attached hydrogens (tertiary/aromatic N) is 3. The van der Waals surface area contributed by atoms with E-state index >= 15 is 0 Å². The van der Waals surface area contributed by atoms with Gasteiger partial charge in [0.1, 0.15) is 17.7 Å². The minimum Gasteiger partial charge on any atom is -0.473 e. The van der Waals surface area contributed by atoms with Gasteiger partial charge in [-0.25, -0.2) is 4.98 Å². The van der Waals surface area contributed by atoms with Crippen molar-refractivity contribution >= 4 is 16.7 Å². The molecule has 1 saturated heterocycles. The number of nitriles is 1. The maximum atomic E-state index is 13.0. The van der Waals surface area contributed by atoms with Crippen LogP contribution in [-0.2, 0) is 0 Å². The van der Waals surface area contributed by atoms with Gasteiger partial charge in [0.05, 0.1) is 0 Å². The number of aromatic nitrogens is 1. The van der Waals surface area contributed by atoms with Crippen molar-refractivity contribution in [3.05, 3.63) is 71.9 Å². The molecule has 0 radical (unpaired) electrons. The molecule has 4 rings (SSSR count). The Hall–Kier alpha value is -3.39. The van der Waals surface area contributed by atoms with Crippen LogP contribution >= 0.6 is 0 Å². The van der Waals surface area contributed by atoms with Crippen LogP contribution in [0.15, 0.2) is 60.8 Å². The number of benzene rings is 2. The van der Waals surface area contributed by atoms with Gasteiger partial charge in [-0.15, -0.1) is 0 Å². The predicted molar refractivity (Wildman–Crippen MR) is 102 cm³/mol. The summed E-state index contributed by atoms with van der Waals surface area (Å²) < 4.78 is 5.91. The SMILES string of the molecule is N#Cc1cccnc1OC1CCN(C(=O)c2cccc3ccccc23)CC1. The smallest absolute Gasteiger partial charge is 0.254 e. The van der Waals surface area contributed by atoms with Crippen LogP contribution in [0.1, 0.15) is 28.8 Å². The molecule has 0 N–H and O–H groups in total. The molecule has 1 aliphatic heterocycles. The molecule has 5 heteroatoms. The fourth-order valence-electron chi connectivity index (χ4n) is 3.49. The van der Waals surface area contributed by atoms with Gasteiger partial charge < -0.3 is 9.64 Å². The van der Waals surface area contributed by atoms with Crippen molar-refractivity contribution < 1.29 is 9.53 Å². The van der Waals surface area contributed by atoms with E-state index in [2.05, 4.69) is 11.1 Å². The summed E-state index contributed by atoms with van der Waals surface area (Å²) in [7, 11) is 0. The van der Waals surface area contributed by atoms with E-state index in [1.54, 1.807) is 18.3 Å². The first-order chi connectivity index (χ1) is 13.3. The third-order valence-electron chi connectivity index (χ3n) is 4.92. The van der Waals surface area contributed by atoms with Gasteiger partial charge in [-0.05, 0) is 29.0 Å². The van der Waals surface area contributed by atoms with Crippen LogP contribution in [0.4, 0.5) is 0 Å². The lowest BCUT2D eigenvalue weighted by molar-refractivity contribution is 0.0589. The van der Waals surface area contributed by atoms with Crippen molar-refractivity contribution in [3.63, 3.8) is 0 Å². The van der Waals surface area contributed by atoms with E-state index in [9.17, 15) is 4.79 Å². The Balaban J connectivity index is 1.45. The number of piperidine rings is 1. The van der Waals surface area contributed by atoms with Gasteiger partial charge in [-0.1, -0.05) is 36.4 Å². The summed E-state index contributed by atoms with van der Waals surface area (Å²) in [6, 6.07) is 19.3. The zero-order valence-corrected chi connectivity index (χ0v) is 14.8. The molecule has 5 nitrogen and oxygen atoms in total. The number of likely N-dealkylation sites (tertiary alicyclic amines) is 1. The summed E-state index contributed by atoms with van der Waals surface area (Å²) in [4.78, 5) is 19.0. The number of amides is 1. The molecule has 27 heavy (non-hydrogen) atoms. The zero-order chi connectivity index (χ0) is 18.6. The third-order valence-corrected chi connectivity index (χ3v) is 4.92. The Morgan fingerprint density at radius 2 is 1.85 bits per heavy atom. The number of hydrogen-bond acceptors (Lipinski definition) is 4. The van der Waals surface area contributed by atoms with Crippen molar-refractivity contribution in [2.45, 2.75) is 18.9 Å². The van der Waals surface area contributed by atoms with Crippen molar-refractivity contribution in [3.8, 4) is 11.9 Å². The lowest BCUT2D eigenvalue weighted by Gasteiger charge is -2.32. The first kappa shape index (κ1) is 17.0. The van der Waals surface area contributed by atoms with Crippen molar-refractivity contribution in [1.82, 2.24) is 9.88 Å². The molecule has 2 heterocycles. The molecule has 1 aromatic heterocycles. The van der Waals surface area contributed by atoms with Crippen LogP contribution in [0, 0.1) is 11.3 Å². The Bertz CT molecular complexity index is 1010. The first-order valence-corrected chi connectivity index (χ1v) is 9.05. The van der Waals surface area contributed by atoms with Crippen molar-refractivity contribution in [1.29, 1.82) is 5.26 Å². The summed E-state index contributed by atoms with van der Waals surface area (Å²) in [5.74, 6) is 0.430. The lowest BCUT2D eigenvalue weighted by Crippen LogP contribution is -2.42. The van der Waals surface area contributed by atoms with Crippen molar-refractivity contribution in [2.75, 3.05) is 13.1 Å². The highest BCUT2D eigenvalue weighted by atomic mass is 16.5. The molecular weight excluding hydrogens is 338 g/mol. The molecule has 0 bridgehead atoms. The van der Waals surface area contributed by atoms with Gasteiger partial charge in [0.2, 0.25) is 5.88 Å². The van der Waals surface area contributed by atoms with E-state index in [1.165, 1.54) is 0 Å². The first-order valence-electron chi connectivity index (χ1n) is 9.05. The highest BCUT2D eigenvalue weighted by Gasteiger charge is 2.26. The Labute approximate surface area is 157 Å². The van der Waals surface area contributed by atoms with Gasteiger partial charge in [0, 0.05) is 37.7 Å². The molecule has 0 aliphatic carbocycles. The molecule has 0 atom stereocenters. The van der Waals surface area contributed by atoms with E-state index in [0.29, 0.717) is 24.5 Å². The minimum atomic E-state index is -0.0384. The number of carbonyl (C=O) groups excluding carboxylic acids is 1. The van der Waals surface area contributed by atoms with Crippen LogP contribution in [0.5, 0.6) is 5.88 Å². The van der Waals surface area contributed by atoms with E-state index < -0.39 is 0 Å². The predicted octanol–water partition coefficient (Wildman–Crippen LogP) is 3.79. The highest BCUT2D eigenvalue weighted by Crippen LogP contribution is 2.24. The average molecular weight is 357 g/mol. The van der Waals surface area contributed by atoms with E-state index in [-0.39, 0.29) is 12.0 Å². The van der Waals surface area contributed by atoms with E-state index in [1.807, 2.05) is 47.4 Å². The maximum absolute atomic E-state index is 13.0. The van der Waals surface area contributed by atoms with E-state index in [4.69, 9.17) is 10.00 Å². The van der Waals surface area contributed by atoms with Crippen LogP contribution in [0.3, 0.4) is 0 Å². The topological polar surface area (TPSA) is 66.2 Å². The standard InChI is InChI=1S/C22H19N3O2/c23-15-17-7-4-12-24-21(17)27-18-10-13-25(14-11-18)22(26)20-9-3-6-16-5-1-2-8-19(16)20/h1-9,12,18H,10-11,13-14H2. The number of carbonyl (C=O) groups is 1. The number of pyridine rings is 1. The fraction of sp³-hybridized carbons (Fsp3) is 0.227. The van der Waals surface area contributed by atoms with E-state index in [0.717, 1.165) is 29.2 Å². The number of ether oxygens (including phenoxy) is 1. The van der Waals surface area contributed by atoms with Crippen LogP contribution in [-0.4, -0.2) is 35.0 Å². The van der Waals surface area contributed by atoms with Crippen LogP contribution in [0.25, 0.3) is 10.8 Å². The second-order valence-corrected chi connectivity index (χ2v) is 6.60. The molecule has 3 aromatic rings. The second kappa shape index (κ2) is 7.46. The summed E-state index contributed by atoms with van der Waals surface area (Å²) in [5.41, 5.74) is 1.18. The summed E-state index contributed by atoms with van der Waals surface area (Å²) in [6.45, 7) is 1.25. The molecule has 1 aliphatic rings. The molecule has 0 spiro atoms.